The van der Waals surface area contributed by atoms with Crippen LogP contribution in [0, 0.1) is 0 Å². The van der Waals surface area contributed by atoms with Gasteiger partial charge in [0.2, 0.25) is 15.9 Å². The smallest absolute Gasteiger partial charge is 0.342 e. The van der Waals surface area contributed by atoms with E-state index in [0.717, 1.165) is 6.54 Å². The van der Waals surface area contributed by atoms with Gasteiger partial charge in [0.05, 0.1) is 6.54 Å². The fourth-order valence-electron chi connectivity index (χ4n) is 1.86. The first-order chi connectivity index (χ1) is 9.09. The molecule has 2 fully saturated rings. The van der Waals surface area contributed by atoms with Gasteiger partial charge in [-0.15, -0.1) is 0 Å². The fourth-order valence-corrected chi connectivity index (χ4v) is 4.59. The zero-order chi connectivity index (χ0) is 15.5. The molecule has 2 aliphatic rings. The quantitative estimate of drug-likeness (QED) is 0.291. The number of hydrogen-bond acceptors (Lipinski definition) is 7. The standard InChI is InChI=1S/C9H18N4S2.H2O4S/c1-7-5-6-12(4)13(7)9-10-8(11(2)3)14-15-9;1-5(2,3)4/h7-8H,5-6H2,1-4H3;(H2,1,2,3,4). The van der Waals surface area contributed by atoms with Crippen LogP contribution in [0.4, 0.5) is 0 Å². The number of hydrazone groups is 1. The van der Waals surface area contributed by atoms with Crippen molar-refractivity contribution in [2.45, 2.75) is 24.9 Å². The summed E-state index contributed by atoms with van der Waals surface area (Å²) in [4.78, 5) is 2.20. The highest BCUT2D eigenvalue weighted by atomic mass is 33.1. The Hall–Kier alpha value is -0.200. The van der Waals surface area contributed by atoms with Crippen LogP contribution in [0.5, 0.6) is 0 Å². The van der Waals surface area contributed by atoms with Gasteiger partial charge in [-0.25, -0.2) is 13.7 Å². The molecule has 0 radical (unpaired) electrons. The molecule has 0 aromatic heterocycles. The second kappa shape index (κ2) is 7.18. The van der Waals surface area contributed by atoms with Crippen molar-refractivity contribution in [3.63, 3.8) is 0 Å². The molecule has 2 heterocycles. The molecule has 2 saturated heterocycles. The summed E-state index contributed by atoms with van der Waals surface area (Å²) in [5, 5.41) is 7.13. The SMILES string of the molecule is CC1CCN(C)[N+]1=C1NC(N(C)C)SS1.O=S(=O)([O-])O. The molecule has 2 unspecified atom stereocenters. The number of hydrogen-bond donors (Lipinski definition) is 2. The van der Waals surface area contributed by atoms with E-state index in [0.29, 0.717) is 11.5 Å². The van der Waals surface area contributed by atoms with Crippen LogP contribution in [0.25, 0.3) is 0 Å². The Balaban J connectivity index is 0.000000347. The average Bonchev–Trinajstić information content (AvgIpc) is 2.83. The van der Waals surface area contributed by atoms with E-state index in [4.69, 9.17) is 17.5 Å². The van der Waals surface area contributed by atoms with Crippen LogP contribution in [-0.2, 0) is 10.4 Å². The first-order valence-electron chi connectivity index (χ1n) is 5.91. The van der Waals surface area contributed by atoms with Gasteiger partial charge < -0.3 is 4.55 Å². The lowest BCUT2D eigenvalue weighted by molar-refractivity contribution is -0.684. The van der Waals surface area contributed by atoms with Gasteiger partial charge in [0.25, 0.3) is 0 Å². The lowest BCUT2D eigenvalue weighted by Crippen LogP contribution is -2.43. The zero-order valence-electron chi connectivity index (χ0n) is 11.8. The van der Waals surface area contributed by atoms with Gasteiger partial charge in [-0.05, 0) is 31.8 Å². The summed E-state index contributed by atoms with van der Waals surface area (Å²) in [6.45, 7) is 3.44. The number of rotatable bonds is 1. The topological polar surface area (TPSA) is 99.0 Å². The summed E-state index contributed by atoms with van der Waals surface area (Å²) >= 11 is 0. The molecule has 2 aliphatic heterocycles. The largest absolute Gasteiger partial charge is 0.726 e. The summed E-state index contributed by atoms with van der Waals surface area (Å²) in [5.41, 5.74) is 0.395. The predicted octanol–water partition coefficient (Wildman–Crippen LogP) is -0.172. The van der Waals surface area contributed by atoms with Crippen molar-refractivity contribution in [1.82, 2.24) is 15.2 Å². The highest BCUT2D eigenvalue weighted by Crippen LogP contribution is 2.34. The maximum absolute atomic E-state index is 8.63. The minimum absolute atomic E-state index is 0.395. The van der Waals surface area contributed by atoms with Crippen molar-refractivity contribution < 1.29 is 22.2 Å². The van der Waals surface area contributed by atoms with Crippen LogP contribution in [0.3, 0.4) is 0 Å². The summed E-state index contributed by atoms with van der Waals surface area (Å²) in [6, 6.07) is 0.617. The van der Waals surface area contributed by atoms with Gasteiger partial charge in [0.15, 0.2) is 0 Å². The van der Waals surface area contributed by atoms with E-state index in [-0.39, 0.29) is 0 Å². The number of nitrogens with zero attached hydrogens (tertiary/aromatic N) is 3. The molecular formula is C9H20N4O4S3. The molecule has 0 bridgehead atoms. The van der Waals surface area contributed by atoms with Gasteiger partial charge >= 0.3 is 5.17 Å². The molecular weight excluding hydrogens is 324 g/mol. The first-order valence-corrected chi connectivity index (χ1v) is 9.49. The summed E-state index contributed by atoms with van der Waals surface area (Å²) < 4.78 is 35.2. The van der Waals surface area contributed by atoms with Crippen molar-refractivity contribution in [2.75, 3.05) is 27.7 Å². The molecule has 0 aromatic rings. The van der Waals surface area contributed by atoms with E-state index in [2.05, 4.69) is 48.0 Å². The molecule has 2 atom stereocenters. The summed E-state index contributed by atoms with van der Waals surface area (Å²) in [6.07, 6.45) is 1.25. The van der Waals surface area contributed by atoms with Crippen molar-refractivity contribution in [3.05, 3.63) is 0 Å². The second-order valence-corrected chi connectivity index (χ2v) is 7.86. The minimum atomic E-state index is -4.92. The van der Waals surface area contributed by atoms with Crippen molar-refractivity contribution in [1.29, 1.82) is 0 Å². The Morgan fingerprint density at radius 3 is 2.45 bits per heavy atom. The number of nitrogens with one attached hydrogen (secondary N) is 1. The molecule has 0 amide bonds. The van der Waals surface area contributed by atoms with E-state index in [9.17, 15) is 0 Å². The fraction of sp³-hybridized carbons (Fsp3) is 0.889. The summed E-state index contributed by atoms with van der Waals surface area (Å²) in [5.74, 6) is 0. The summed E-state index contributed by atoms with van der Waals surface area (Å²) in [7, 11) is 5.17. The van der Waals surface area contributed by atoms with Crippen molar-refractivity contribution in [3.8, 4) is 0 Å². The van der Waals surface area contributed by atoms with Crippen LogP contribution in [0.1, 0.15) is 13.3 Å². The Morgan fingerprint density at radius 1 is 1.55 bits per heavy atom. The van der Waals surface area contributed by atoms with Crippen molar-refractivity contribution >= 4 is 37.2 Å². The van der Waals surface area contributed by atoms with E-state index >= 15 is 0 Å². The third-order valence-electron chi connectivity index (χ3n) is 2.80. The highest BCUT2D eigenvalue weighted by molar-refractivity contribution is 8.83. The number of hydrazine groups is 1. The molecule has 0 aliphatic carbocycles. The van der Waals surface area contributed by atoms with Crippen molar-refractivity contribution in [2.24, 2.45) is 0 Å². The Labute approximate surface area is 127 Å². The monoisotopic (exact) mass is 344 g/mol. The lowest BCUT2D eigenvalue weighted by atomic mass is 10.3. The Bertz CT molecular complexity index is 448. The van der Waals surface area contributed by atoms with Gasteiger partial charge in [-0.2, -0.15) is 4.68 Å². The Morgan fingerprint density at radius 2 is 2.10 bits per heavy atom. The lowest BCUT2D eigenvalue weighted by Gasteiger charge is -2.16. The third-order valence-corrected chi connectivity index (χ3v) is 5.39. The maximum Gasteiger partial charge on any atom is 0.342 e. The molecule has 2 N–H and O–H groups in total. The van der Waals surface area contributed by atoms with Crippen LogP contribution in [-0.4, -0.2) is 76.5 Å². The highest BCUT2D eigenvalue weighted by Gasteiger charge is 2.37. The molecule has 118 valence electrons. The molecule has 2 rings (SSSR count). The van der Waals surface area contributed by atoms with Crippen LogP contribution < -0.4 is 5.32 Å². The van der Waals surface area contributed by atoms with Gasteiger partial charge in [-0.3, -0.25) is 14.5 Å². The maximum atomic E-state index is 8.63. The van der Waals surface area contributed by atoms with Crippen LogP contribution >= 0.6 is 21.6 Å². The van der Waals surface area contributed by atoms with Crippen LogP contribution in [0.15, 0.2) is 0 Å². The van der Waals surface area contributed by atoms with Crippen LogP contribution in [0.2, 0.25) is 0 Å². The van der Waals surface area contributed by atoms with E-state index in [1.165, 1.54) is 11.6 Å². The van der Waals surface area contributed by atoms with E-state index < -0.39 is 10.4 Å². The third kappa shape index (κ3) is 5.66. The van der Waals surface area contributed by atoms with E-state index in [1.807, 2.05) is 21.6 Å². The van der Waals surface area contributed by atoms with Gasteiger partial charge in [0, 0.05) is 24.3 Å². The number of amidine groups is 1. The molecule has 11 heteroatoms. The molecule has 0 spiro atoms. The minimum Gasteiger partial charge on any atom is -0.726 e. The first kappa shape index (κ1) is 17.9. The zero-order valence-corrected chi connectivity index (χ0v) is 14.3. The van der Waals surface area contributed by atoms with Gasteiger partial charge in [-0.1, -0.05) is 0 Å². The molecule has 0 saturated carbocycles. The second-order valence-electron chi connectivity index (χ2n) is 4.74. The molecule has 8 nitrogen and oxygen atoms in total. The van der Waals surface area contributed by atoms with E-state index in [1.54, 1.807) is 0 Å². The van der Waals surface area contributed by atoms with Gasteiger partial charge in [0.1, 0.15) is 6.04 Å². The molecule has 20 heavy (non-hydrogen) atoms. The average molecular weight is 344 g/mol. The molecule has 0 aromatic carbocycles. The predicted molar refractivity (Wildman–Crippen MR) is 80.1 cm³/mol. The normalized spacial score (nSPS) is 30.2. The Kier molecular flexibility index (Phi) is 6.41.